The van der Waals surface area contributed by atoms with E-state index < -0.39 is 107 Å². The lowest BCUT2D eigenvalue weighted by Crippen LogP contribution is -2.41. The van der Waals surface area contributed by atoms with Gasteiger partial charge in [0.15, 0.2) is 0 Å². The van der Waals surface area contributed by atoms with Crippen LogP contribution in [-0.2, 0) is 62.0 Å². The van der Waals surface area contributed by atoms with Crippen LogP contribution < -0.4 is 21.8 Å². The van der Waals surface area contributed by atoms with Crippen LogP contribution in [-0.4, -0.2) is 95.7 Å². The van der Waals surface area contributed by atoms with Gasteiger partial charge in [0.1, 0.15) is 23.7 Å². The van der Waals surface area contributed by atoms with Gasteiger partial charge in [0.25, 0.3) is 11.1 Å². The van der Waals surface area contributed by atoms with Gasteiger partial charge in [-0.2, -0.15) is 26.3 Å². The van der Waals surface area contributed by atoms with Crippen molar-refractivity contribution in [1.29, 1.82) is 0 Å². The highest BCUT2D eigenvalue weighted by molar-refractivity contribution is 5.83. The predicted molar refractivity (Wildman–Crippen MR) is 350 cm³/mol. The molecule has 0 radical (unpaired) electrons. The van der Waals surface area contributed by atoms with E-state index in [1.54, 1.807) is 96.9 Å². The molecule has 2 aromatic heterocycles. The Bertz CT molecular complexity index is 3780. The second kappa shape index (κ2) is 33.4. The lowest BCUT2D eigenvalue weighted by Gasteiger charge is -2.27. The highest BCUT2D eigenvalue weighted by atomic mass is 19.4. The molecule has 0 aliphatic rings. The first kappa shape index (κ1) is 76.7. The summed E-state index contributed by atoms with van der Waals surface area (Å²) >= 11 is 0. The van der Waals surface area contributed by atoms with Gasteiger partial charge in [-0.3, -0.25) is 28.8 Å². The lowest BCUT2D eigenvalue weighted by atomic mass is 9.89. The molecule has 4 aromatic carbocycles. The van der Waals surface area contributed by atoms with Crippen LogP contribution in [0, 0.1) is 51.2 Å². The van der Waals surface area contributed by atoms with E-state index in [1.165, 1.54) is 0 Å². The van der Waals surface area contributed by atoms with Crippen LogP contribution >= 0.6 is 0 Å². The summed E-state index contributed by atoms with van der Waals surface area (Å²) in [6.07, 6.45) is -6.89. The molecule has 2 heterocycles. The Morgan fingerprint density at radius 1 is 0.553 bits per heavy atom. The molecule has 512 valence electrons. The van der Waals surface area contributed by atoms with Crippen molar-refractivity contribution in [3.05, 3.63) is 184 Å². The number of pyridine rings is 2. The maximum absolute atomic E-state index is 16.0. The summed E-state index contributed by atoms with van der Waals surface area (Å²) in [5, 5.41) is 15.2. The first-order chi connectivity index (χ1) is 43.9. The summed E-state index contributed by atoms with van der Waals surface area (Å²) in [6, 6.07) is 14.3. The first-order valence-electron chi connectivity index (χ1n) is 31.6. The summed E-state index contributed by atoms with van der Waals surface area (Å²) in [4.78, 5) is 82.7. The molecule has 0 aliphatic carbocycles. The Morgan fingerprint density at radius 2 is 0.926 bits per heavy atom. The first-order valence-corrected chi connectivity index (χ1v) is 31.6. The van der Waals surface area contributed by atoms with E-state index in [9.17, 15) is 60.2 Å². The van der Waals surface area contributed by atoms with Crippen molar-refractivity contribution in [3.63, 3.8) is 0 Å². The zero-order valence-corrected chi connectivity index (χ0v) is 56.4. The number of hydrogen-bond acceptors (Lipinski definition) is 9. The standard InChI is InChI=1S/C37H47F4N3O4.C35H43F4N3O4/c1-9-25-13-11-12-23(5)34(25)27-17-24(6)35(38)28(18-27)30(20-33(46)48-10-2)42-36(47)31(16-22(3)4)44-21-26(14-15-43(7)8)29(19-32(44)45)37(39,40)41;1-8-23-11-9-10-21(4)32(23)25-15-22(5)33(36)26(16-25)28(18-31(44)45)40-34(46)29(14-20(2)3)42-19-24(12-13-41(6)7)27(17-30(42)43)35(37,38)39/h11-13,17-19,21-22,30-31H,9-10,14-16,20H2,1-8H3,(H,42,47);9-11,15-17,19-20,28-29H,8,12-14,18H2,1-7H3,(H,40,46)(H,44,45)/t30-,31?;28-,29?/m00/s1. The van der Waals surface area contributed by atoms with Gasteiger partial charge >= 0.3 is 24.3 Å². The average Bonchev–Trinajstić information content (AvgIpc) is 0.805. The molecule has 6 aromatic rings. The summed E-state index contributed by atoms with van der Waals surface area (Å²) in [5.41, 5.74) is 3.33. The maximum atomic E-state index is 16.0. The zero-order chi connectivity index (χ0) is 70.4. The molecule has 94 heavy (non-hydrogen) atoms. The highest BCUT2D eigenvalue weighted by Gasteiger charge is 2.38. The molecule has 2 amide bonds. The van der Waals surface area contributed by atoms with Crippen molar-refractivity contribution >= 4 is 23.8 Å². The van der Waals surface area contributed by atoms with Crippen molar-refractivity contribution < 1.29 is 64.1 Å². The Hall–Kier alpha value is -7.98. The van der Waals surface area contributed by atoms with Crippen LogP contribution in [0.15, 0.2) is 94.8 Å². The minimum Gasteiger partial charge on any atom is -0.481 e. The largest absolute Gasteiger partial charge is 0.481 e. The van der Waals surface area contributed by atoms with E-state index in [4.69, 9.17) is 4.74 Å². The Morgan fingerprint density at radius 3 is 1.24 bits per heavy atom. The van der Waals surface area contributed by atoms with E-state index in [-0.39, 0.29) is 85.0 Å². The SMILES string of the molecule is CCOC(=O)C[C@H](NC(=O)C(CC(C)C)n1cc(CCN(C)C)c(C(F)(F)F)cc1=O)c1cc(-c2c(C)cccc2CC)cc(C)c1F.CCc1cccc(C)c1-c1cc(C)c(F)c([C@H](CC(=O)O)NC(=O)C(CC(C)C)n2cc(CCN(C)C)c(C(F)(F)F)cc2=O)c1. The summed E-state index contributed by atoms with van der Waals surface area (Å²) in [5.74, 6) is -5.12. The molecular formula is C72H90F8N6O8. The van der Waals surface area contributed by atoms with Crippen molar-refractivity contribution in [2.24, 2.45) is 11.8 Å². The van der Waals surface area contributed by atoms with E-state index in [1.807, 2.05) is 77.9 Å². The number of rotatable bonds is 27. The number of ether oxygens (including phenoxy) is 1. The smallest absolute Gasteiger partial charge is 0.416 e. The molecular weight excluding hydrogens is 1230 g/mol. The minimum atomic E-state index is -4.78. The third kappa shape index (κ3) is 20.3. The third-order valence-electron chi connectivity index (χ3n) is 16.3. The number of esters is 1. The van der Waals surface area contributed by atoms with E-state index in [2.05, 4.69) is 10.6 Å². The number of alkyl halides is 6. The van der Waals surface area contributed by atoms with Crippen LogP contribution in [0.25, 0.3) is 22.3 Å². The number of carbonyl (C=O) groups excluding carboxylic acids is 3. The van der Waals surface area contributed by atoms with Gasteiger partial charge in [0.05, 0.1) is 42.7 Å². The second-order valence-corrected chi connectivity index (χ2v) is 25.4. The molecule has 3 N–H and O–H groups in total. The van der Waals surface area contributed by atoms with Crippen LogP contribution in [0.4, 0.5) is 35.1 Å². The van der Waals surface area contributed by atoms with Gasteiger partial charge in [0, 0.05) is 48.7 Å². The number of benzene rings is 4. The number of nitrogens with one attached hydrogen (secondary N) is 2. The number of halogens is 8. The van der Waals surface area contributed by atoms with Crippen molar-refractivity contribution in [2.45, 2.75) is 164 Å². The number of carboxylic acid groups (broad SMARTS) is 1. The van der Waals surface area contributed by atoms with Crippen molar-refractivity contribution in [2.75, 3.05) is 47.9 Å². The van der Waals surface area contributed by atoms with Crippen LogP contribution in [0.3, 0.4) is 0 Å². The molecule has 0 saturated heterocycles. The molecule has 0 bridgehead atoms. The van der Waals surface area contributed by atoms with E-state index in [0.717, 1.165) is 61.3 Å². The topological polar surface area (TPSA) is 172 Å². The average molecular weight is 1320 g/mol. The number of amides is 2. The van der Waals surface area contributed by atoms with Crippen LogP contribution in [0.1, 0.15) is 165 Å². The van der Waals surface area contributed by atoms with E-state index >= 15 is 8.78 Å². The quantitative estimate of drug-likeness (QED) is 0.0333. The predicted octanol–water partition coefficient (Wildman–Crippen LogP) is 14.2. The molecule has 0 saturated carbocycles. The van der Waals surface area contributed by atoms with Crippen LogP contribution in [0.5, 0.6) is 0 Å². The summed E-state index contributed by atoms with van der Waals surface area (Å²) < 4.78 is 123. The Kier molecular flexibility index (Phi) is 27.3. The number of aromatic nitrogens is 2. The van der Waals surface area contributed by atoms with Gasteiger partial charge in [-0.15, -0.1) is 0 Å². The molecule has 2 unspecified atom stereocenters. The van der Waals surface area contributed by atoms with Crippen molar-refractivity contribution in [1.82, 2.24) is 29.6 Å². The number of aliphatic carboxylic acids is 1. The van der Waals surface area contributed by atoms with Gasteiger partial charge in [-0.05, 0) is 204 Å². The third-order valence-corrected chi connectivity index (χ3v) is 16.3. The maximum Gasteiger partial charge on any atom is 0.416 e. The summed E-state index contributed by atoms with van der Waals surface area (Å²) in [6.45, 7) is 20.5. The Balaban J connectivity index is 0.000000341. The molecule has 0 spiro atoms. The number of aryl methyl sites for hydroxylation is 6. The number of nitrogens with zero attached hydrogens (tertiary/aromatic N) is 4. The molecule has 22 heteroatoms. The van der Waals surface area contributed by atoms with Gasteiger partial charge < -0.3 is 39.4 Å². The Labute approximate surface area is 545 Å². The highest BCUT2D eigenvalue weighted by Crippen LogP contribution is 2.38. The minimum absolute atomic E-state index is 0.0143. The number of hydrogen-bond donors (Lipinski definition) is 3. The number of carboxylic acids is 1. The molecule has 0 fully saturated rings. The monoisotopic (exact) mass is 1320 g/mol. The normalized spacial score (nSPS) is 13.2. The fourth-order valence-electron chi connectivity index (χ4n) is 11.7. The zero-order valence-electron chi connectivity index (χ0n) is 56.4. The van der Waals surface area contributed by atoms with Gasteiger partial charge in [-0.1, -0.05) is 77.9 Å². The number of carbonyl (C=O) groups is 4. The fraction of sp³-hybridized carbons (Fsp3) is 0.472. The molecule has 0 aliphatic heterocycles. The fourth-order valence-corrected chi connectivity index (χ4v) is 11.7. The molecule has 14 nitrogen and oxygen atoms in total. The molecule has 4 atom stereocenters. The lowest BCUT2D eigenvalue weighted by molar-refractivity contribution is -0.144. The summed E-state index contributed by atoms with van der Waals surface area (Å²) in [7, 11) is 6.86. The van der Waals surface area contributed by atoms with E-state index in [0.29, 0.717) is 35.2 Å². The van der Waals surface area contributed by atoms with Crippen LogP contribution in [0.2, 0.25) is 0 Å². The second-order valence-electron chi connectivity index (χ2n) is 25.4. The van der Waals surface area contributed by atoms with Gasteiger partial charge in [0.2, 0.25) is 11.8 Å². The van der Waals surface area contributed by atoms with Crippen molar-refractivity contribution in [3.8, 4) is 22.3 Å². The number of likely N-dealkylation sites (N-methyl/N-ethyl adjacent to an activating group) is 2. The molecule has 6 rings (SSSR count). The van der Waals surface area contributed by atoms with Gasteiger partial charge in [-0.25, -0.2) is 8.78 Å².